The van der Waals surface area contributed by atoms with Gasteiger partial charge in [0.25, 0.3) is 0 Å². The number of nitrogens with zero attached hydrogens (tertiary/aromatic N) is 6. The third-order valence-electron chi connectivity index (χ3n) is 6.64. The molecular formula is C28H26FN7O2. The van der Waals surface area contributed by atoms with E-state index in [1.54, 1.807) is 18.5 Å². The molecule has 1 saturated carbocycles. The summed E-state index contributed by atoms with van der Waals surface area (Å²) in [5.74, 6) is 1.82. The van der Waals surface area contributed by atoms with Crippen molar-refractivity contribution < 1.29 is 13.9 Å². The van der Waals surface area contributed by atoms with Crippen molar-refractivity contribution in [1.29, 1.82) is 0 Å². The van der Waals surface area contributed by atoms with Gasteiger partial charge >= 0.3 is 0 Å². The first-order chi connectivity index (χ1) is 18.5. The largest absolute Gasteiger partial charge is 0.489 e. The molecule has 192 valence electrons. The number of nitrogens with two attached hydrogens (primary N) is 1. The molecule has 0 atom stereocenters. The monoisotopic (exact) mass is 511 g/mol. The van der Waals surface area contributed by atoms with Crippen molar-refractivity contribution in [3.63, 3.8) is 0 Å². The van der Waals surface area contributed by atoms with Crippen LogP contribution < -0.4 is 15.2 Å². The van der Waals surface area contributed by atoms with Gasteiger partial charge in [-0.2, -0.15) is 5.10 Å². The van der Waals surface area contributed by atoms with E-state index in [1.165, 1.54) is 31.3 Å². The minimum absolute atomic E-state index is 0.214. The lowest BCUT2D eigenvalue weighted by atomic mass is 10.1. The van der Waals surface area contributed by atoms with E-state index in [0.717, 1.165) is 40.7 Å². The summed E-state index contributed by atoms with van der Waals surface area (Å²) in [6.07, 6.45) is 9.36. The number of fused-ring (bicyclic) bond motifs is 1. The molecule has 1 fully saturated rings. The maximum absolute atomic E-state index is 14.3. The number of hydrogen-bond acceptors (Lipinski definition) is 8. The van der Waals surface area contributed by atoms with Crippen LogP contribution in [0.5, 0.6) is 17.2 Å². The Labute approximate surface area is 218 Å². The average molecular weight is 512 g/mol. The summed E-state index contributed by atoms with van der Waals surface area (Å²) in [5, 5.41) is 5.66. The Morgan fingerprint density at radius 3 is 2.45 bits per heavy atom. The van der Waals surface area contributed by atoms with E-state index in [0.29, 0.717) is 34.9 Å². The number of nitrogen functional groups attached to an aromatic ring is 1. The zero-order valence-electron chi connectivity index (χ0n) is 20.8. The maximum atomic E-state index is 14.3. The van der Waals surface area contributed by atoms with Gasteiger partial charge in [0, 0.05) is 41.7 Å². The first-order valence-electron chi connectivity index (χ1n) is 12.5. The Morgan fingerprint density at radius 1 is 0.947 bits per heavy atom. The summed E-state index contributed by atoms with van der Waals surface area (Å²) in [4.78, 5) is 17.0. The lowest BCUT2D eigenvalue weighted by Gasteiger charge is -2.11. The van der Waals surface area contributed by atoms with Crippen molar-refractivity contribution in [1.82, 2.24) is 29.7 Å². The molecule has 0 aliphatic heterocycles. The average Bonchev–Trinajstić information content (AvgIpc) is 3.58. The first kappa shape index (κ1) is 23.8. The van der Waals surface area contributed by atoms with Crippen LogP contribution in [0, 0.1) is 12.7 Å². The fraction of sp³-hybridized carbons (Fsp3) is 0.250. The summed E-state index contributed by atoms with van der Waals surface area (Å²) in [6.45, 7) is 2.02. The second-order valence-electron chi connectivity index (χ2n) is 9.37. The van der Waals surface area contributed by atoms with Crippen molar-refractivity contribution in [3.8, 4) is 28.5 Å². The zero-order chi connectivity index (χ0) is 26.1. The number of ether oxygens (including phenoxy) is 2. The van der Waals surface area contributed by atoms with Crippen LogP contribution in [0.3, 0.4) is 0 Å². The first-order valence-corrected chi connectivity index (χ1v) is 12.5. The second-order valence-corrected chi connectivity index (χ2v) is 9.37. The van der Waals surface area contributed by atoms with E-state index < -0.39 is 5.82 Å². The van der Waals surface area contributed by atoms with Crippen LogP contribution in [-0.2, 0) is 6.61 Å². The third kappa shape index (κ3) is 4.84. The molecule has 9 nitrogen and oxygen atoms in total. The van der Waals surface area contributed by atoms with E-state index in [-0.39, 0.29) is 6.61 Å². The molecule has 2 N–H and O–H groups in total. The Bertz CT molecular complexity index is 1580. The van der Waals surface area contributed by atoms with Gasteiger partial charge in [0.05, 0.1) is 11.4 Å². The number of hydrogen-bond donors (Lipinski definition) is 1. The molecule has 0 unspecified atom stereocenters. The van der Waals surface area contributed by atoms with Crippen LogP contribution in [0.1, 0.15) is 43.1 Å². The molecule has 0 amide bonds. The fourth-order valence-electron chi connectivity index (χ4n) is 4.76. The summed E-state index contributed by atoms with van der Waals surface area (Å²) < 4.78 is 28.0. The molecule has 6 rings (SSSR count). The molecule has 3 heterocycles. The van der Waals surface area contributed by atoms with Crippen molar-refractivity contribution in [2.75, 3.05) is 5.73 Å². The highest BCUT2D eigenvalue weighted by Gasteiger charge is 2.24. The standard InChI is InChI=1S/C28H26FN7O2/c1-17-31-13-18(14-32-17)15-37-23-10-20(29)11-24(12-23)38-22-8-6-19(7-9-22)26-25-27(30)33-16-34-28(25)36(35-26)21-4-2-3-5-21/h6-14,16,21H,2-5,15H2,1H3,(H2,30,33,34). The normalized spacial score (nSPS) is 13.7. The van der Waals surface area contributed by atoms with Crippen molar-refractivity contribution >= 4 is 16.9 Å². The summed E-state index contributed by atoms with van der Waals surface area (Å²) >= 11 is 0. The van der Waals surface area contributed by atoms with E-state index >= 15 is 0 Å². The van der Waals surface area contributed by atoms with Crippen LogP contribution >= 0.6 is 0 Å². The van der Waals surface area contributed by atoms with Crippen LogP contribution in [0.15, 0.2) is 61.2 Å². The lowest BCUT2D eigenvalue weighted by Crippen LogP contribution is -2.07. The molecule has 1 aliphatic rings. The smallest absolute Gasteiger partial charge is 0.164 e. The van der Waals surface area contributed by atoms with Gasteiger partial charge in [-0.05, 0) is 44.0 Å². The lowest BCUT2D eigenvalue weighted by molar-refractivity contribution is 0.301. The fourth-order valence-corrected chi connectivity index (χ4v) is 4.76. The van der Waals surface area contributed by atoms with Gasteiger partial charge < -0.3 is 15.2 Å². The maximum Gasteiger partial charge on any atom is 0.164 e. The molecule has 0 radical (unpaired) electrons. The van der Waals surface area contributed by atoms with Gasteiger partial charge in [0.2, 0.25) is 0 Å². The highest BCUT2D eigenvalue weighted by molar-refractivity contribution is 5.98. The van der Waals surface area contributed by atoms with Crippen LogP contribution in [0.4, 0.5) is 10.2 Å². The number of halogens is 1. The van der Waals surface area contributed by atoms with E-state index in [9.17, 15) is 4.39 Å². The molecule has 0 spiro atoms. The number of anilines is 1. The molecule has 0 bridgehead atoms. The van der Waals surface area contributed by atoms with Gasteiger partial charge in [-0.25, -0.2) is 29.0 Å². The molecule has 5 aromatic rings. The Morgan fingerprint density at radius 2 is 1.68 bits per heavy atom. The van der Waals surface area contributed by atoms with Gasteiger partial charge in [-0.1, -0.05) is 12.8 Å². The number of aromatic nitrogens is 6. The SMILES string of the molecule is Cc1ncc(COc2cc(F)cc(Oc3ccc(-c4nn(C5CCCC5)c5ncnc(N)c45)cc3)c2)cn1. The minimum Gasteiger partial charge on any atom is -0.489 e. The van der Waals surface area contributed by atoms with E-state index in [4.69, 9.17) is 20.3 Å². The number of benzene rings is 2. The van der Waals surface area contributed by atoms with Crippen LogP contribution in [-0.4, -0.2) is 29.7 Å². The number of aryl methyl sites for hydroxylation is 1. The quantitative estimate of drug-likeness (QED) is 0.292. The van der Waals surface area contributed by atoms with Crippen molar-refractivity contribution in [2.24, 2.45) is 0 Å². The van der Waals surface area contributed by atoms with E-state index in [1.807, 2.05) is 35.9 Å². The molecule has 10 heteroatoms. The topological polar surface area (TPSA) is 114 Å². The predicted molar refractivity (Wildman–Crippen MR) is 140 cm³/mol. The minimum atomic E-state index is -0.464. The molecule has 1 aliphatic carbocycles. The highest BCUT2D eigenvalue weighted by Crippen LogP contribution is 2.37. The van der Waals surface area contributed by atoms with Crippen molar-refractivity contribution in [3.05, 3.63) is 78.4 Å². The second kappa shape index (κ2) is 10.0. The van der Waals surface area contributed by atoms with Gasteiger partial charge in [-0.3, -0.25) is 0 Å². The summed E-state index contributed by atoms with van der Waals surface area (Å²) in [6, 6.07) is 12.0. The Balaban J connectivity index is 1.22. The highest BCUT2D eigenvalue weighted by atomic mass is 19.1. The Kier molecular flexibility index (Phi) is 6.28. The third-order valence-corrected chi connectivity index (χ3v) is 6.64. The van der Waals surface area contributed by atoms with Gasteiger partial charge in [0.15, 0.2) is 5.65 Å². The molecule has 2 aromatic carbocycles. The molecule has 38 heavy (non-hydrogen) atoms. The van der Waals surface area contributed by atoms with Gasteiger partial charge in [-0.15, -0.1) is 0 Å². The number of rotatable bonds is 7. The van der Waals surface area contributed by atoms with E-state index in [2.05, 4.69) is 19.9 Å². The molecule has 0 saturated heterocycles. The van der Waals surface area contributed by atoms with Gasteiger partial charge in [0.1, 0.15) is 53.3 Å². The summed E-state index contributed by atoms with van der Waals surface area (Å²) in [5.41, 5.74) is 9.39. The Hall–Kier alpha value is -4.60. The van der Waals surface area contributed by atoms with Crippen molar-refractivity contribution in [2.45, 2.75) is 45.3 Å². The van der Waals surface area contributed by atoms with Crippen LogP contribution in [0.2, 0.25) is 0 Å². The predicted octanol–water partition coefficient (Wildman–Crippen LogP) is 5.80. The zero-order valence-corrected chi connectivity index (χ0v) is 20.8. The van der Waals surface area contributed by atoms with Crippen LogP contribution in [0.25, 0.3) is 22.3 Å². The molecule has 3 aromatic heterocycles. The summed E-state index contributed by atoms with van der Waals surface area (Å²) in [7, 11) is 0. The molecular weight excluding hydrogens is 485 g/mol.